The number of hydrogen-bond donors (Lipinski definition) is 1. The van der Waals surface area contributed by atoms with Crippen molar-refractivity contribution in [2.24, 2.45) is 0 Å². The van der Waals surface area contributed by atoms with Gasteiger partial charge in [0.25, 0.3) is 0 Å². The van der Waals surface area contributed by atoms with Crippen LogP contribution < -0.4 is 5.32 Å². The zero-order valence-electron chi connectivity index (χ0n) is 28.0. The second kappa shape index (κ2) is 19.0. The number of amides is 1. The molecular formula is C40H45NO8. The second-order valence-corrected chi connectivity index (χ2v) is 12.0. The normalized spacial score (nSPS) is 20.2. The van der Waals surface area contributed by atoms with Gasteiger partial charge in [0.15, 0.2) is 0 Å². The molecule has 0 saturated carbocycles. The third-order valence-corrected chi connectivity index (χ3v) is 8.14. The van der Waals surface area contributed by atoms with E-state index in [1.165, 1.54) is 13.8 Å². The van der Waals surface area contributed by atoms with Crippen LogP contribution in [0, 0.1) is 0 Å². The number of ether oxygens (including phenoxy) is 6. The molecule has 1 N–H and O–H groups in total. The lowest BCUT2D eigenvalue weighted by molar-refractivity contribution is -0.265. The summed E-state index contributed by atoms with van der Waals surface area (Å²) in [5.41, 5.74) is 3.90. The average Bonchev–Trinajstić information content (AvgIpc) is 3.12. The molecule has 9 heteroatoms. The van der Waals surface area contributed by atoms with Gasteiger partial charge in [-0.05, 0) is 22.3 Å². The van der Waals surface area contributed by atoms with Crippen LogP contribution in [0.25, 0.3) is 0 Å². The Morgan fingerprint density at radius 1 is 0.694 bits per heavy atom. The Balaban J connectivity index is 1.48. The molecule has 0 aliphatic carbocycles. The molecule has 0 aromatic heterocycles. The summed E-state index contributed by atoms with van der Waals surface area (Å²) in [7, 11) is 0. The first kappa shape index (κ1) is 35.9. The summed E-state index contributed by atoms with van der Waals surface area (Å²) in [5, 5.41) is 3.08. The van der Waals surface area contributed by atoms with Crippen molar-refractivity contribution in [3.05, 3.63) is 144 Å². The Kier molecular flexibility index (Phi) is 13.9. The third-order valence-electron chi connectivity index (χ3n) is 8.14. The van der Waals surface area contributed by atoms with E-state index in [0.29, 0.717) is 6.61 Å². The summed E-state index contributed by atoms with van der Waals surface area (Å²) in [6.45, 7) is 4.10. The van der Waals surface area contributed by atoms with Crippen LogP contribution in [0.15, 0.2) is 121 Å². The molecule has 5 rings (SSSR count). The number of rotatable bonds is 17. The van der Waals surface area contributed by atoms with E-state index in [2.05, 4.69) is 5.32 Å². The Bertz CT molecular complexity index is 1540. The zero-order chi connectivity index (χ0) is 34.3. The fourth-order valence-corrected chi connectivity index (χ4v) is 5.83. The highest BCUT2D eigenvalue weighted by Crippen LogP contribution is 2.31. The number of benzene rings is 4. The fraction of sp³-hybridized carbons (Fsp3) is 0.350. The van der Waals surface area contributed by atoms with Crippen LogP contribution in [-0.4, -0.2) is 55.2 Å². The van der Waals surface area contributed by atoms with E-state index in [-0.39, 0.29) is 38.8 Å². The second-order valence-electron chi connectivity index (χ2n) is 12.0. The average molecular weight is 668 g/mol. The van der Waals surface area contributed by atoms with Crippen molar-refractivity contribution in [2.75, 3.05) is 6.61 Å². The van der Waals surface area contributed by atoms with Gasteiger partial charge in [0, 0.05) is 20.3 Å². The van der Waals surface area contributed by atoms with Gasteiger partial charge in [0.2, 0.25) is 12.2 Å². The molecule has 258 valence electrons. The Morgan fingerprint density at radius 2 is 1.18 bits per heavy atom. The molecule has 49 heavy (non-hydrogen) atoms. The van der Waals surface area contributed by atoms with Gasteiger partial charge in [0.1, 0.15) is 18.3 Å². The fourth-order valence-electron chi connectivity index (χ4n) is 5.83. The molecule has 9 nitrogen and oxygen atoms in total. The van der Waals surface area contributed by atoms with E-state index in [1.807, 2.05) is 121 Å². The lowest BCUT2D eigenvalue weighted by Gasteiger charge is -2.45. The molecular weight excluding hydrogens is 622 g/mol. The molecule has 4 aromatic carbocycles. The monoisotopic (exact) mass is 667 g/mol. The lowest BCUT2D eigenvalue weighted by Crippen LogP contribution is -2.64. The Morgan fingerprint density at radius 3 is 1.69 bits per heavy atom. The highest BCUT2D eigenvalue weighted by molar-refractivity contribution is 5.73. The summed E-state index contributed by atoms with van der Waals surface area (Å²) >= 11 is 0. The first-order valence-corrected chi connectivity index (χ1v) is 16.6. The number of carbonyl (C=O) groups excluding carboxylic acids is 2. The molecule has 1 aliphatic rings. The van der Waals surface area contributed by atoms with Crippen LogP contribution in [0.1, 0.15) is 42.5 Å². The minimum Gasteiger partial charge on any atom is -0.436 e. The molecule has 0 bridgehead atoms. The minimum atomic E-state index is -0.948. The molecule has 0 unspecified atom stereocenters. The molecule has 1 saturated heterocycles. The van der Waals surface area contributed by atoms with Gasteiger partial charge in [-0.25, -0.2) is 0 Å². The van der Waals surface area contributed by atoms with E-state index < -0.39 is 42.7 Å². The van der Waals surface area contributed by atoms with Crippen molar-refractivity contribution in [1.82, 2.24) is 5.32 Å². The molecule has 1 amide bonds. The summed E-state index contributed by atoms with van der Waals surface area (Å²) < 4.78 is 38.3. The number of hydrogen-bond acceptors (Lipinski definition) is 8. The molecule has 6 atom stereocenters. The molecule has 4 aromatic rings. The maximum Gasteiger partial charge on any atom is 0.304 e. The largest absolute Gasteiger partial charge is 0.436 e. The van der Waals surface area contributed by atoms with Crippen LogP contribution in [0.3, 0.4) is 0 Å². The van der Waals surface area contributed by atoms with E-state index in [0.717, 1.165) is 22.3 Å². The van der Waals surface area contributed by atoms with Gasteiger partial charge >= 0.3 is 5.97 Å². The molecule has 0 radical (unpaired) electrons. The maximum absolute atomic E-state index is 12.7. The van der Waals surface area contributed by atoms with E-state index in [9.17, 15) is 9.59 Å². The first-order valence-electron chi connectivity index (χ1n) is 16.6. The van der Waals surface area contributed by atoms with Crippen LogP contribution >= 0.6 is 0 Å². The highest BCUT2D eigenvalue weighted by Gasteiger charge is 2.48. The molecule has 1 fully saturated rings. The molecule has 1 heterocycles. The number of esters is 1. The topological polar surface area (TPSA) is 102 Å². The third kappa shape index (κ3) is 11.6. The lowest BCUT2D eigenvalue weighted by atomic mass is 9.91. The molecule has 1 aliphatic heterocycles. The van der Waals surface area contributed by atoms with Crippen LogP contribution in [0.4, 0.5) is 0 Å². The van der Waals surface area contributed by atoms with Crippen molar-refractivity contribution in [2.45, 2.75) is 83.4 Å². The van der Waals surface area contributed by atoms with Gasteiger partial charge in [-0.2, -0.15) is 0 Å². The van der Waals surface area contributed by atoms with Crippen LogP contribution in [0.2, 0.25) is 0 Å². The Hall–Kier alpha value is -4.38. The summed E-state index contributed by atoms with van der Waals surface area (Å²) in [5.74, 6) is -0.755. The Labute approximate surface area is 288 Å². The quantitative estimate of drug-likeness (QED) is 0.134. The summed E-state index contributed by atoms with van der Waals surface area (Å²) in [4.78, 5) is 25.0. The van der Waals surface area contributed by atoms with Crippen LogP contribution in [0.5, 0.6) is 0 Å². The predicted octanol–water partition coefficient (Wildman–Crippen LogP) is 6.14. The summed E-state index contributed by atoms with van der Waals surface area (Å²) in [6.07, 6.45) is -3.64. The standard InChI is InChI=1S/C40H45NO8/c1-29(42)41-38-35(45-25-32-17-9-4-10-18-32)23-37(48-30(2)43)49-40(38)39(47-27-34-21-13-6-14-22-34)36(46-26-33-19-11-5-12-20-33)28-44-24-31-15-7-3-8-16-31/h3-22,35-40H,23-28H2,1-2H3,(H,41,42)/t35-,36+,37-,38+,39+,40+/m0/s1. The van der Waals surface area contributed by atoms with Crippen molar-refractivity contribution >= 4 is 11.9 Å². The van der Waals surface area contributed by atoms with Crippen molar-refractivity contribution in [3.63, 3.8) is 0 Å². The van der Waals surface area contributed by atoms with Gasteiger partial charge in [0.05, 0.1) is 45.2 Å². The van der Waals surface area contributed by atoms with Gasteiger partial charge < -0.3 is 33.7 Å². The predicted molar refractivity (Wildman–Crippen MR) is 184 cm³/mol. The SMILES string of the molecule is CC(=O)N[C@H]1[C@H]([C@H](OCc2ccccc2)[C@@H](COCc2ccccc2)OCc2ccccc2)O[C@H](OC(C)=O)C[C@@H]1OCc1ccccc1. The van der Waals surface area contributed by atoms with Gasteiger partial charge in [-0.1, -0.05) is 121 Å². The van der Waals surface area contributed by atoms with Gasteiger partial charge in [-0.15, -0.1) is 0 Å². The van der Waals surface area contributed by atoms with E-state index >= 15 is 0 Å². The van der Waals surface area contributed by atoms with E-state index in [1.54, 1.807) is 0 Å². The van der Waals surface area contributed by atoms with Crippen molar-refractivity contribution < 1.29 is 38.0 Å². The smallest absolute Gasteiger partial charge is 0.304 e. The number of carbonyl (C=O) groups is 2. The number of nitrogens with one attached hydrogen (secondary N) is 1. The zero-order valence-corrected chi connectivity index (χ0v) is 28.0. The highest BCUT2D eigenvalue weighted by atomic mass is 16.7. The first-order chi connectivity index (χ1) is 23.9. The molecule has 0 spiro atoms. The van der Waals surface area contributed by atoms with E-state index in [4.69, 9.17) is 28.4 Å². The summed E-state index contributed by atoms with van der Waals surface area (Å²) in [6, 6.07) is 38.6. The maximum atomic E-state index is 12.7. The minimum absolute atomic E-state index is 0.154. The van der Waals surface area contributed by atoms with Crippen LogP contribution in [-0.2, 0) is 64.4 Å². The van der Waals surface area contributed by atoms with Gasteiger partial charge in [-0.3, -0.25) is 9.59 Å². The van der Waals surface area contributed by atoms with Crippen molar-refractivity contribution in [3.8, 4) is 0 Å². The van der Waals surface area contributed by atoms with Crippen molar-refractivity contribution in [1.29, 1.82) is 0 Å².